The maximum absolute atomic E-state index is 13.2. The molecule has 9 heteroatoms. The first-order valence-corrected chi connectivity index (χ1v) is 13.5. The van der Waals surface area contributed by atoms with Gasteiger partial charge in [-0.3, -0.25) is 4.90 Å². The molecule has 4 heterocycles. The van der Waals surface area contributed by atoms with Crippen LogP contribution in [0.15, 0.2) is 74.4 Å². The van der Waals surface area contributed by atoms with Gasteiger partial charge >= 0.3 is 6.03 Å². The number of urea groups is 1. The van der Waals surface area contributed by atoms with Gasteiger partial charge in [-0.25, -0.2) is 4.79 Å². The van der Waals surface area contributed by atoms with Gasteiger partial charge in [0.2, 0.25) is 5.82 Å². The molecule has 0 spiro atoms. The first kappa shape index (κ1) is 21.9. The van der Waals surface area contributed by atoms with Crippen molar-refractivity contribution < 1.29 is 9.32 Å². The second-order valence-corrected chi connectivity index (χ2v) is 10.4. The number of nitrogens with one attached hydrogen (secondary N) is 1. The summed E-state index contributed by atoms with van der Waals surface area (Å²) in [5, 5.41) is 11.4. The lowest BCUT2D eigenvalue weighted by molar-refractivity contribution is 0.205. The van der Waals surface area contributed by atoms with Crippen LogP contribution in [-0.2, 0) is 6.42 Å². The fraction of sp³-hybridized carbons (Fsp3) is 0.208. The molecule has 1 unspecified atom stereocenters. The summed E-state index contributed by atoms with van der Waals surface area (Å²) >= 11 is 4.94. The molecule has 6 nitrogen and oxygen atoms in total. The number of thiophene rings is 2. The highest BCUT2D eigenvalue weighted by Crippen LogP contribution is 2.38. The molecule has 0 bridgehead atoms. The number of allylic oxidation sites excluding steroid dienone is 1. The molecule has 1 aliphatic heterocycles. The van der Waals surface area contributed by atoms with Crippen LogP contribution in [0.5, 0.6) is 0 Å². The van der Waals surface area contributed by atoms with Crippen LogP contribution in [0, 0.1) is 0 Å². The summed E-state index contributed by atoms with van der Waals surface area (Å²) < 4.78 is 5.74. The van der Waals surface area contributed by atoms with Gasteiger partial charge in [0.05, 0.1) is 16.5 Å². The number of hydrogen-bond acceptors (Lipinski definition) is 7. The van der Waals surface area contributed by atoms with E-state index in [1.807, 2.05) is 48.9 Å². The van der Waals surface area contributed by atoms with Crippen molar-refractivity contribution in [3.63, 3.8) is 0 Å². The molecule has 33 heavy (non-hydrogen) atoms. The average molecular weight is 495 g/mol. The second kappa shape index (κ2) is 9.54. The number of amides is 2. The Kier molecular flexibility index (Phi) is 6.34. The predicted octanol–water partition coefficient (Wildman–Crippen LogP) is 6.32. The maximum Gasteiger partial charge on any atom is 0.322 e. The standard InChI is InChI=1S/C24H22N4O2S3/c1-15-20(23-26-22(27-30-23)19-6-4-14-33-19)21(16-7-9-17(31-2)10-8-16)25-24(29)28(15)12-11-18-5-3-13-32-18/h3-10,13-14,21H,11-12H2,1-2H3,(H,25,29). The molecule has 0 saturated carbocycles. The molecule has 0 radical (unpaired) electrons. The third-order valence-electron chi connectivity index (χ3n) is 5.61. The highest BCUT2D eigenvalue weighted by Gasteiger charge is 2.35. The fourth-order valence-electron chi connectivity index (χ4n) is 3.89. The summed E-state index contributed by atoms with van der Waals surface area (Å²) in [4.78, 5) is 23.0. The Morgan fingerprint density at radius 3 is 2.61 bits per heavy atom. The van der Waals surface area contributed by atoms with E-state index in [1.165, 1.54) is 9.77 Å². The van der Waals surface area contributed by atoms with Crippen molar-refractivity contribution >= 4 is 46.0 Å². The average Bonchev–Trinajstić information content (AvgIpc) is 3.61. The Morgan fingerprint density at radius 2 is 1.91 bits per heavy atom. The maximum atomic E-state index is 13.2. The van der Waals surface area contributed by atoms with E-state index in [-0.39, 0.29) is 12.1 Å². The van der Waals surface area contributed by atoms with Gasteiger partial charge in [0, 0.05) is 22.0 Å². The number of carbonyl (C=O) groups is 1. The number of aromatic nitrogens is 2. The lowest BCUT2D eigenvalue weighted by Crippen LogP contribution is -2.46. The first-order chi connectivity index (χ1) is 16.1. The second-order valence-electron chi connectivity index (χ2n) is 7.54. The van der Waals surface area contributed by atoms with Crippen molar-refractivity contribution in [2.24, 2.45) is 0 Å². The molecular weight excluding hydrogens is 472 g/mol. The third kappa shape index (κ3) is 4.48. The van der Waals surface area contributed by atoms with Crippen LogP contribution in [-0.4, -0.2) is 33.9 Å². The number of carbonyl (C=O) groups excluding carboxylic acids is 1. The molecule has 1 atom stereocenters. The Balaban J connectivity index is 1.54. The molecular formula is C24H22N4O2S3. The topological polar surface area (TPSA) is 71.3 Å². The van der Waals surface area contributed by atoms with Crippen molar-refractivity contribution in [1.29, 1.82) is 0 Å². The first-order valence-electron chi connectivity index (χ1n) is 10.5. The quantitative estimate of drug-likeness (QED) is 0.304. The summed E-state index contributed by atoms with van der Waals surface area (Å²) in [7, 11) is 0. The largest absolute Gasteiger partial charge is 0.334 e. The van der Waals surface area contributed by atoms with Crippen molar-refractivity contribution in [3.05, 3.63) is 81.3 Å². The molecule has 3 aromatic heterocycles. The van der Waals surface area contributed by atoms with E-state index < -0.39 is 0 Å². The molecule has 4 aromatic rings. The van der Waals surface area contributed by atoms with E-state index in [4.69, 9.17) is 9.51 Å². The summed E-state index contributed by atoms with van der Waals surface area (Å²) in [5.41, 5.74) is 2.63. The van der Waals surface area contributed by atoms with Crippen LogP contribution >= 0.6 is 34.4 Å². The zero-order valence-corrected chi connectivity index (χ0v) is 20.6. The van der Waals surface area contributed by atoms with Crippen LogP contribution < -0.4 is 5.32 Å². The number of benzene rings is 1. The third-order valence-corrected chi connectivity index (χ3v) is 8.15. The number of nitrogens with zero attached hydrogens (tertiary/aromatic N) is 3. The predicted molar refractivity (Wildman–Crippen MR) is 134 cm³/mol. The van der Waals surface area contributed by atoms with Gasteiger partial charge in [0.15, 0.2) is 0 Å². The van der Waals surface area contributed by atoms with E-state index in [0.29, 0.717) is 18.3 Å². The SMILES string of the molecule is CSc1ccc(C2NC(=O)N(CCc3cccs3)C(C)=C2c2nc(-c3cccs3)no2)cc1. The highest BCUT2D eigenvalue weighted by molar-refractivity contribution is 7.98. The van der Waals surface area contributed by atoms with E-state index in [2.05, 4.69) is 34.1 Å². The summed E-state index contributed by atoms with van der Waals surface area (Å²) in [6.07, 6.45) is 2.83. The molecule has 0 fully saturated rings. The smallest absolute Gasteiger partial charge is 0.322 e. The van der Waals surface area contributed by atoms with Crippen molar-refractivity contribution in [3.8, 4) is 10.7 Å². The highest BCUT2D eigenvalue weighted by atomic mass is 32.2. The van der Waals surface area contributed by atoms with Gasteiger partial charge in [-0.2, -0.15) is 4.98 Å². The Bertz CT molecular complexity index is 1260. The Labute approximate surface area is 204 Å². The zero-order valence-electron chi connectivity index (χ0n) is 18.1. The lowest BCUT2D eigenvalue weighted by Gasteiger charge is -2.35. The fourth-order valence-corrected chi connectivity index (χ4v) is 5.65. The van der Waals surface area contributed by atoms with Gasteiger partial charge in [0.1, 0.15) is 0 Å². The lowest BCUT2D eigenvalue weighted by atomic mass is 9.94. The van der Waals surface area contributed by atoms with Crippen LogP contribution in [0.3, 0.4) is 0 Å². The van der Waals surface area contributed by atoms with Crippen LogP contribution in [0.2, 0.25) is 0 Å². The molecule has 168 valence electrons. The number of hydrogen-bond donors (Lipinski definition) is 1. The number of thioether (sulfide) groups is 1. The molecule has 0 aliphatic carbocycles. The number of rotatable bonds is 7. The van der Waals surface area contributed by atoms with Crippen LogP contribution in [0.4, 0.5) is 4.79 Å². The minimum Gasteiger partial charge on any atom is -0.334 e. The van der Waals surface area contributed by atoms with Gasteiger partial charge in [-0.15, -0.1) is 34.4 Å². The van der Waals surface area contributed by atoms with Gasteiger partial charge < -0.3 is 9.84 Å². The van der Waals surface area contributed by atoms with E-state index in [0.717, 1.165) is 28.1 Å². The summed E-state index contributed by atoms with van der Waals surface area (Å²) in [6.45, 7) is 2.53. The Morgan fingerprint density at radius 1 is 1.12 bits per heavy atom. The molecule has 5 rings (SSSR count). The Hall–Kier alpha value is -2.88. The molecule has 2 amide bonds. The molecule has 1 aromatic carbocycles. The van der Waals surface area contributed by atoms with Crippen LogP contribution in [0.1, 0.15) is 29.3 Å². The molecule has 0 saturated heterocycles. The minimum atomic E-state index is -0.372. The minimum absolute atomic E-state index is 0.121. The van der Waals surface area contributed by atoms with E-state index in [9.17, 15) is 4.79 Å². The monoisotopic (exact) mass is 494 g/mol. The van der Waals surface area contributed by atoms with Gasteiger partial charge in [0.25, 0.3) is 5.89 Å². The van der Waals surface area contributed by atoms with Crippen molar-refractivity contribution in [2.75, 3.05) is 12.8 Å². The van der Waals surface area contributed by atoms with E-state index in [1.54, 1.807) is 39.3 Å². The van der Waals surface area contributed by atoms with Crippen molar-refractivity contribution in [1.82, 2.24) is 20.4 Å². The molecule has 1 N–H and O–H groups in total. The zero-order chi connectivity index (χ0) is 22.8. The summed E-state index contributed by atoms with van der Waals surface area (Å²) in [6, 6.07) is 15.8. The summed E-state index contributed by atoms with van der Waals surface area (Å²) in [5.74, 6) is 0.981. The normalized spacial score (nSPS) is 16.4. The van der Waals surface area contributed by atoms with Gasteiger partial charge in [-0.05, 0) is 60.2 Å². The molecule has 1 aliphatic rings. The van der Waals surface area contributed by atoms with Gasteiger partial charge in [-0.1, -0.05) is 29.4 Å². The van der Waals surface area contributed by atoms with Crippen LogP contribution in [0.25, 0.3) is 16.3 Å². The van der Waals surface area contributed by atoms with Crippen molar-refractivity contribution in [2.45, 2.75) is 24.3 Å². The van der Waals surface area contributed by atoms with E-state index >= 15 is 0 Å².